The summed E-state index contributed by atoms with van der Waals surface area (Å²) in [5.74, 6) is 0.355. The number of carbonyl (C=O) groups excluding carboxylic acids is 2. The summed E-state index contributed by atoms with van der Waals surface area (Å²) in [7, 11) is -0.432. The Hall–Kier alpha value is -0.333. The number of carbonyl (C=O) groups is 2. The summed E-state index contributed by atoms with van der Waals surface area (Å²) in [6.07, 6.45) is 1.54. The van der Waals surface area contributed by atoms with Crippen molar-refractivity contribution >= 4 is 31.8 Å². The van der Waals surface area contributed by atoms with Gasteiger partial charge in [-0.05, 0) is 36.7 Å². The molecule has 1 heterocycles. The number of ether oxygens (including phenoxy) is 1. The molecule has 0 saturated carbocycles. The summed E-state index contributed by atoms with van der Waals surface area (Å²) in [5.41, 5.74) is 0. The van der Waals surface area contributed by atoms with Gasteiger partial charge in [-0.1, -0.05) is 20.8 Å². The molecule has 0 aromatic heterocycles. The minimum Gasteiger partial charge on any atom is -0.468 e. The minimum atomic E-state index is -1.77. The van der Waals surface area contributed by atoms with Crippen LogP contribution < -0.4 is 0 Å². The average molecular weight is 333 g/mol. The monoisotopic (exact) mass is 332 g/mol. The lowest BCUT2D eigenvalue weighted by Crippen LogP contribution is -2.42. The van der Waals surface area contributed by atoms with E-state index in [4.69, 9.17) is 9.16 Å². The quantitative estimate of drug-likeness (QED) is 0.439. The Balaban J connectivity index is 2.52. The number of rotatable bonds is 5. The van der Waals surface area contributed by atoms with Crippen molar-refractivity contribution in [1.29, 1.82) is 0 Å². The van der Waals surface area contributed by atoms with E-state index >= 15 is 0 Å². The Labute approximate surface area is 133 Å². The van der Waals surface area contributed by atoms with Crippen LogP contribution in [0.4, 0.5) is 0 Å². The number of hydrogen-bond acceptors (Lipinski definition) is 5. The van der Waals surface area contributed by atoms with Gasteiger partial charge in [0.15, 0.2) is 19.4 Å². The van der Waals surface area contributed by atoms with E-state index in [1.54, 1.807) is 0 Å². The third kappa shape index (κ3) is 4.83. The molecule has 1 aliphatic heterocycles. The third-order valence-corrected chi connectivity index (χ3v) is 10.3. The topological polar surface area (TPSA) is 52.6 Å². The Bertz CT molecular complexity index is 390. The third-order valence-electron chi connectivity index (χ3n) is 4.56. The molecule has 1 saturated heterocycles. The number of ketones is 1. The molecular weight excluding hydrogens is 304 g/mol. The van der Waals surface area contributed by atoms with Crippen LogP contribution in [0.1, 0.15) is 33.6 Å². The van der Waals surface area contributed by atoms with Crippen LogP contribution in [0.3, 0.4) is 0 Å². The predicted molar refractivity (Wildman–Crippen MR) is 89.1 cm³/mol. The SMILES string of the molecule is COC(=O)C1SCCC(CCO[Si](C)(C)C(C)(C)C)C1=O. The lowest BCUT2D eigenvalue weighted by molar-refractivity contribution is -0.143. The molecule has 0 N–H and O–H groups in total. The van der Waals surface area contributed by atoms with Gasteiger partial charge in [0.1, 0.15) is 0 Å². The van der Waals surface area contributed by atoms with Gasteiger partial charge in [-0.2, -0.15) is 0 Å². The molecule has 0 aliphatic carbocycles. The van der Waals surface area contributed by atoms with Gasteiger partial charge in [-0.3, -0.25) is 9.59 Å². The maximum absolute atomic E-state index is 12.3. The van der Waals surface area contributed by atoms with Crippen molar-refractivity contribution in [2.24, 2.45) is 5.92 Å². The Morgan fingerprint density at radius 1 is 1.38 bits per heavy atom. The molecule has 0 aromatic rings. The van der Waals surface area contributed by atoms with Gasteiger partial charge in [0, 0.05) is 12.5 Å². The molecule has 1 fully saturated rings. The molecule has 4 nitrogen and oxygen atoms in total. The van der Waals surface area contributed by atoms with E-state index in [1.165, 1.54) is 18.9 Å². The van der Waals surface area contributed by atoms with E-state index in [9.17, 15) is 9.59 Å². The first-order chi connectivity index (χ1) is 9.60. The van der Waals surface area contributed by atoms with Gasteiger partial charge in [0.25, 0.3) is 0 Å². The zero-order chi connectivity index (χ0) is 16.3. The highest BCUT2D eigenvalue weighted by atomic mass is 32.2. The second-order valence-corrected chi connectivity index (χ2v) is 13.1. The molecule has 1 rings (SSSR count). The van der Waals surface area contributed by atoms with Gasteiger partial charge in [0.05, 0.1) is 7.11 Å². The van der Waals surface area contributed by atoms with Crippen molar-refractivity contribution in [2.75, 3.05) is 19.5 Å². The van der Waals surface area contributed by atoms with Crippen LogP contribution >= 0.6 is 11.8 Å². The summed E-state index contributed by atoms with van der Waals surface area (Å²) in [4.78, 5) is 23.9. The van der Waals surface area contributed by atoms with Crippen LogP contribution in [-0.4, -0.2) is 44.8 Å². The fourth-order valence-electron chi connectivity index (χ4n) is 2.02. The largest absolute Gasteiger partial charge is 0.468 e. The molecule has 0 radical (unpaired) electrons. The van der Waals surface area contributed by atoms with Gasteiger partial charge in [-0.25, -0.2) is 0 Å². The summed E-state index contributed by atoms with van der Waals surface area (Å²) in [5, 5.41) is -0.463. The first kappa shape index (κ1) is 18.7. The summed E-state index contributed by atoms with van der Waals surface area (Å²) in [6.45, 7) is 11.6. The molecule has 2 atom stereocenters. The normalized spacial score (nSPS) is 24.0. The first-order valence-electron chi connectivity index (χ1n) is 7.47. The van der Waals surface area contributed by atoms with Crippen LogP contribution in [0.2, 0.25) is 18.1 Å². The molecule has 6 heteroatoms. The van der Waals surface area contributed by atoms with E-state index in [1.807, 2.05) is 0 Å². The molecule has 122 valence electrons. The van der Waals surface area contributed by atoms with Crippen LogP contribution in [-0.2, 0) is 18.8 Å². The minimum absolute atomic E-state index is 0.0110. The molecular formula is C15H28O4SSi. The number of methoxy groups -OCH3 is 1. The molecule has 0 amide bonds. The van der Waals surface area contributed by atoms with Crippen LogP contribution in [0, 0.1) is 5.92 Å². The second-order valence-electron chi connectivity index (χ2n) is 7.06. The number of Topliss-reactive ketones (excluding diaryl/α,β-unsaturated/α-hetero) is 1. The highest BCUT2D eigenvalue weighted by Crippen LogP contribution is 2.37. The highest BCUT2D eigenvalue weighted by molar-refractivity contribution is 8.01. The fraction of sp³-hybridized carbons (Fsp3) is 0.867. The molecule has 0 spiro atoms. The number of hydrogen-bond donors (Lipinski definition) is 0. The zero-order valence-corrected chi connectivity index (χ0v) is 15.8. The van der Waals surface area contributed by atoms with E-state index in [-0.39, 0.29) is 16.7 Å². The van der Waals surface area contributed by atoms with Gasteiger partial charge >= 0.3 is 5.97 Å². The highest BCUT2D eigenvalue weighted by Gasteiger charge is 2.39. The van der Waals surface area contributed by atoms with Crippen LogP contribution in [0.15, 0.2) is 0 Å². The number of thioether (sulfide) groups is 1. The van der Waals surface area contributed by atoms with Gasteiger partial charge < -0.3 is 9.16 Å². The number of esters is 1. The fourth-order valence-corrected chi connectivity index (χ4v) is 4.32. The van der Waals surface area contributed by atoms with Crippen molar-refractivity contribution in [3.05, 3.63) is 0 Å². The summed E-state index contributed by atoms with van der Waals surface area (Å²) < 4.78 is 10.8. The van der Waals surface area contributed by atoms with Crippen LogP contribution in [0.25, 0.3) is 0 Å². The van der Waals surface area contributed by atoms with Crippen molar-refractivity contribution in [2.45, 2.75) is 57.0 Å². The van der Waals surface area contributed by atoms with Crippen molar-refractivity contribution in [3.8, 4) is 0 Å². The Morgan fingerprint density at radius 3 is 2.52 bits per heavy atom. The summed E-state index contributed by atoms with van der Waals surface area (Å²) in [6, 6.07) is 0. The van der Waals surface area contributed by atoms with E-state index in [2.05, 4.69) is 33.9 Å². The van der Waals surface area contributed by atoms with Gasteiger partial charge in [0.2, 0.25) is 0 Å². The predicted octanol–water partition coefficient (Wildman–Crippen LogP) is 3.26. The molecule has 2 unspecified atom stereocenters. The lowest BCUT2D eigenvalue weighted by atomic mass is 9.94. The maximum atomic E-state index is 12.3. The van der Waals surface area contributed by atoms with Crippen molar-refractivity contribution in [1.82, 2.24) is 0 Å². The van der Waals surface area contributed by atoms with E-state index < -0.39 is 19.5 Å². The molecule has 21 heavy (non-hydrogen) atoms. The first-order valence-corrected chi connectivity index (χ1v) is 11.4. The lowest BCUT2D eigenvalue weighted by Gasteiger charge is -2.36. The average Bonchev–Trinajstić information content (AvgIpc) is 2.38. The smallest absolute Gasteiger partial charge is 0.326 e. The molecule has 0 bridgehead atoms. The second kappa shape index (κ2) is 7.29. The summed E-state index contributed by atoms with van der Waals surface area (Å²) >= 11 is 1.39. The van der Waals surface area contributed by atoms with Gasteiger partial charge in [-0.15, -0.1) is 11.8 Å². The Morgan fingerprint density at radius 2 is 2.00 bits per heavy atom. The van der Waals surface area contributed by atoms with E-state index in [0.29, 0.717) is 13.0 Å². The molecule has 0 aromatic carbocycles. The van der Waals surface area contributed by atoms with Crippen LogP contribution in [0.5, 0.6) is 0 Å². The van der Waals surface area contributed by atoms with Crippen molar-refractivity contribution in [3.63, 3.8) is 0 Å². The Kier molecular flexibility index (Phi) is 6.49. The molecule has 1 aliphatic rings. The zero-order valence-electron chi connectivity index (χ0n) is 14.0. The standard InChI is InChI=1S/C15H28O4SSi/c1-15(2,3)21(5,6)19-9-7-11-8-10-20-13(12(11)16)14(17)18-4/h11,13H,7-10H2,1-6H3. The van der Waals surface area contributed by atoms with Crippen molar-refractivity contribution < 1.29 is 18.8 Å². The maximum Gasteiger partial charge on any atom is 0.326 e. The van der Waals surface area contributed by atoms with E-state index in [0.717, 1.165) is 12.2 Å².